The van der Waals surface area contributed by atoms with Crippen LogP contribution in [0.3, 0.4) is 0 Å². The monoisotopic (exact) mass is 323 g/mol. The van der Waals surface area contributed by atoms with E-state index in [-0.39, 0.29) is 11.8 Å². The summed E-state index contributed by atoms with van der Waals surface area (Å²) >= 11 is 3.37. The number of aryl methyl sites for hydroxylation is 1. The van der Waals surface area contributed by atoms with Gasteiger partial charge in [-0.2, -0.15) is 11.8 Å². The first-order valence-electron chi connectivity index (χ1n) is 6.88. The molecule has 0 bridgehead atoms. The van der Waals surface area contributed by atoms with Crippen molar-refractivity contribution in [2.45, 2.75) is 31.9 Å². The maximum atomic E-state index is 10.8. The molecule has 1 fully saturated rings. The van der Waals surface area contributed by atoms with E-state index in [1.807, 2.05) is 24.4 Å². The Hall–Kier alpha value is -1.27. The molecule has 1 N–H and O–H groups in total. The molecule has 2 aromatic rings. The predicted molar refractivity (Wildman–Crippen MR) is 84.6 cm³/mol. The minimum Gasteiger partial charge on any atom is -0.481 e. The average Bonchev–Trinajstić information content (AvgIpc) is 2.87. The summed E-state index contributed by atoms with van der Waals surface area (Å²) in [6.45, 7) is 1.93. The number of carboxylic acids is 1. The van der Waals surface area contributed by atoms with Crippen molar-refractivity contribution in [2.24, 2.45) is 5.41 Å². The molecule has 3 rings (SSSR count). The highest BCUT2D eigenvalue weighted by atomic mass is 32.2. The van der Waals surface area contributed by atoms with Gasteiger partial charge in [-0.3, -0.25) is 4.79 Å². The van der Waals surface area contributed by atoms with Crippen molar-refractivity contribution in [2.75, 3.05) is 5.75 Å². The summed E-state index contributed by atoms with van der Waals surface area (Å²) in [6.07, 6.45) is 2.35. The molecule has 21 heavy (non-hydrogen) atoms. The average molecular weight is 323 g/mol. The first kappa shape index (κ1) is 14.7. The molecule has 6 heteroatoms. The van der Waals surface area contributed by atoms with Gasteiger partial charge < -0.3 is 9.52 Å². The van der Waals surface area contributed by atoms with Crippen molar-refractivity contribution in [1.29, 1.82) is 0 Å². The number of oxazole rings is 1. The van der Waals surface area contributed by atoms with E-state index in [1.165, 1.54) is 0 Å². The lowest BCUT2D eigenvalue weighted by Crippen LogP contribution is -2.11. The van der Waals surface area contributed by atoms with E-state index >= 15 is 0 Å². The Balaban J connectivity index is 1.58. The van der Waals surface area contributed by atoms with Crippen LogP contribution in [0.25, 0.3) is 10.8 Å². The summed E-state index contributed by atoms with van der Waals surface area (Å²) in [5, 5.41) is 10.9. The topological polar surface area (TPSA) is 63.3 Å². The highest BCUT2D eigenvalue weighted by molar-refractivity contribution is 7.98. The number of rotatable bonds is 7. The predicted octanol–water partition coefficient (Wildman–Crippen LogP) is 4.20. The van der Waals surface area contributed by atoms with Gasteiger partial charge in [0, 0.05) is 5.75 Å². The summed E-state index contributed by atoms with van der Waals surface area (Å²) in [4.78, 5) is 16.4. The largest absolute Gasteiger partial charge is 0.481 e. The van der Waals surface area contributed by atoms with Crippen LogP contribution in [0.4, 0.5) is 0 Å². The van der Waals surface area contributed by atoms with E-state index in [4.69, 9.17) is 9.52 Å². The molecule has 4 nitrogen and oxygen atoms in total. The van der Waals surface area contributed by atoms with Gasteiger partial charge in [0.15, 0.2) is 0 Å². The maximum Gasteiger partial charge on any atom is 0.303 e. The lowest BCUT2D eigenvalue weighted by atomic mass is 10.1. The summed E-state index contributed by atoms with van der Waals surface area (Å²) in [7, 11) is 0. The zero-order valence-electron chi connectivity index (χ0n) is 11.8. The van der Waals surface area contributed by atoms with Gasteiger partial charge in [-0.1, -0.05) is 6.07 Å². The normalized spacial score (nSPS) is 16.0. The molecule has 112 valence electrons. The van der Waals surface area contributed by atoms with Crippen molar-refractivity contribution < 1.29 is 14.3 Å². The number of hydrogen-bond acceptors (Lipinski definition) is 5. The van der Waals surface area contributed by atoms with E-state index in [2.05, 4.69) is 4.98 Å². The standard InChI is InChI=1S/C15H17NO3S2/c1-10-11(16-14(19-10)12-3-2-6-21-12)8-20-9-15(4-5-15)7-13(17)18/h2-3,6H,4-5,7-9H2,1H3,(H,17,18). The highest BCUT2D eigenvalue weighted by Gasteiger charge is 2.44. The first-order valence-corrected chi connectivity index (χ1v) is 8.91. The van der Waals surface area contributed by atoms with Gasteiger partial charge in [-0.05, 0) is 42.4 Å². The molecule has 0 aromatic carbocycles. The van der Waals surface area contributed by atoms with E-state index in [0.29, 0.717) is 5.89 Å². The number of thiophene rings is 1. The second-order valence-electron chi connectivity index (χ2n) is 5.56. The molecule has 2 aromatic heterocycles. The summed E-state index contributed by atoms with van der Waals surface area (Å²) in [6, 6.07) is 3.98. The fourth-order valence-electron chi connectivity index (χ4n) is 2.30. The Bertz CT molecular complexity index is 629. The number of aliphatic carboxylic acids is 1. The van der Waals surface area contributed by atoms with Crippen LogP contribution >= 0.6 is 23.1 Å². The zero-order valence-corrected chi connectivity index (χ0v) is 13.4. The van der Waals surface area contributed by atoms with Crippen LogP contribution in [-0.4, -0.2) is 21.8 Å². The fraction of sp³-hybridized carbons (Fsp3) is 0.467. The number of aromatic nitrogens is 1. The minimum absolute atomic E-state index is 0.0325. The molecular weight excluding hydrogens is 306 g/mol. The number of thioether (sulfide) groups is 1. The van der Waals surface area contributed by atoms with Crippen LogP contribution in [0.5, 0.6) is 0 Å². The molecule has 1 aliphatic carbocycles. The van der Waals surface area contributed by atoms with Crippen molar-refractivity contribution in [3.63, 3.8) is 0 Å². The second kappa shape index (κ2) is 5.85. The third-order valence-electron chi connectivity index (χ3n) is 3.75. The number of carboxylic acid groups (broad SMARTS) is 1. The van der Waals surface area contributed by atoms with Crippen LogP contribution in [-0.2, 0) is 10.5 Å². The zero-order chi connectivity index (χ0) is 14.9. The molecule has 0 amide bonds. The smallest absolute Gasteiger partial charge is 0.303 e. The van der Waals surface area contributed by atoms with Gasteiger partial charge in [-0.15, -0.1) is 11.3 Å². The van der Waals surface area contributed by atoms with Crippen LogP contribution < -0.4 is 0 Å². The van der Waals surface area contributed by atoms with Gasteiger partial charge in [0.1, 0.15) is 5.76 Å². The quantitative estimate of drug-likeness (QED) is 0.827. The van der Waals surface area contributed by atoms with Gasteiger partial charge in [0.05, 0.1) is 17.0 Å². The Morgan fingerprint density at radius 2 is 2.38 bits per heavy atom. The van der Waals surface area contributed by atoms with Crippen LogP contribution in [0.2, 0.25) is 0 Å². The van der Waals surface area contributed by atoms with Gasteiger partial charge in [0.2, 0.25) is 5.89 Å². The molecule has 0 radical (unpaired) electrons. The number of nitrogens with zero attached hydrogens (tertiary/aromatic N) is 1. The molecule has 0 spiro atoms. The summed E-state index contributed by atoms with van der Waals surface area (Å²) in [5.41, 5.74) is 1.000. The van der Waals surface area contributed by atoms with Gasteiger partial charge in [-0.25, -0.2) is 4.98 Å². The van der Waals surface area contributed by atoms with E-state index in [0.717, 1.165) is 40.7 Å². The fourth-order valence-corrected chi connectivity index (χ4v) is 4.34. The Morgan fingerprint density at radius 1 is 1.57 bits per heavy atom. The third kappa shape index (κ3) is 3.49. The van der Waals surface area contributed by atoms with Crippen LogP contribution in [0, 0.1) is 12.3 Å². The first-order chi connectivity index (χ1) is 10.1. The molecule has 0 unspecified atom stereocenters. The van der Waals surface area contributed by atoms with Crippen molar-refractivity contribution in [3.8, 4) is 10.8 Å². The third-order valence-corrected chi connectivity index (χ3v) is 5.91. The van der Waals surface area contributed by atoms with Crippen LogP contribution in [0.15, 0.2) is 21.9 Å². The molecule has 1 aliphatic rings. The SMILES string of the molecule is Cc1oc(-c2cccs2)nc1CSCC1(CC(=O)O)CC1. The molecule has 2 heterocycles. The maximum absolute atomic E-state index is 10.8. The van der Waals surface area contributed by atoms with E-state index in [9.17, 15) is 4.79 Å². The Morgan fingerprint density at radius 3 is 3.00 bits per heavy atom. The summed E-state index contributed by atoms with van der Waals surface area (Å²) < 4.78 is 5.71. The van der Waals surface area contributed by atoms with Crippen LogP contribution in [0.1, 0.15) is 30.7 Å². The minimum atomic E-state index is -0.689. The number of carbonyl (C=O) groups is 1. The van der Waals surface area contributed by atoms with E-state index < -0.39 is 5.97 Å². The molecule has 0 saturated heterocycles. The Kier molecular flexibility index (Phi) is 4.08. The Labute approximate surface area is 131 Å². The molecular formula is C15H17NO3S2. The lowest BCUT2D eigenvalue weighted by Gasteiger charge is -2.10. The van der Waals surface area contributed by atoms with E-state index in [1.54, 1.807) is 23.1 Å². The van der Waals surface area contributed by atoms with Crippen molar-refractivity contribution in [3.05, 3.63) is 29.0 Å². The van der Waals surface area contributed by atoms with Gasteiger partial charge >= 0.3 is 5.97 Å². The molecule has 0 atom stereocenters. The van der Waals surface area contributed by atoms with Crippen molar-refractivity contribution in [1.82, 2.24) is 4.98 Å². The van der Waals surface area contributed by atoms with Crippen molar-refractivity contribution >= 4 is 29.1 Å². The second-order valence-corrected chi connectivity index (χ2v) is 7.50. The molecule has 0 aliphatic heterocycles. The van der Waals surface area contributed by atoms with Gasteiger partial charge in [0.25, 0.3) is 0 Å². The summed E-state index contributed by atoms with van der Waals surface area (Å²) in [5.74, 6) is 2.52. The molecule has 1 saturated carbocycles. The number of hydrogen-bond donors (Lipinski definition) is 1. The highest BCUT2D eigenvalue weighted by Crippen LogP contribution is 2.51. The lowest BCUT2D eigenvalue weighted by molar-refractivity contribution is -0.138.